The fraction of sp³-hybridized carbons (Fsp3) is 0.286. The van der Waals surface area contributed by atoms with E-state index in [1.165, 1.54) is 39.3 Å². The molecule has 1 amide bonds. The molecule has 0 radical (unpaired) electrons. The third-order valence-corrected chi connectivity index (χ3v) is 5.72. The maximum absolute atomic E-state index is 13.9. The molecule has 37 heavy (non-hydrogen) atoms. The van der Waals surface area contributed by atoms with E-state index in [4.69, 9.17) is 14.2 Å². The van der Waals surface area contributed by atoms with Gasteiger partial charge in [-0.2, -0.15) is 0 Å². The lowest BCUT2D eigenvalue weighted by Gasteiger charge is -2.27. The van der Waals surface area contributed by atoms with E-state index in [-0.39, 0.29) is 28.9 Å². The number of methoxy groups -OCH3 is 1. The van der Waals surface area contributed by atoms with Crippen molar-refractivity contribution < 1.29 is 33.0 Å². The first-order chi connectivity index (χ1) is 17.6. The Morgan fingerprint density at radius 2 is 1.70 bits per heavy atom. The summed E-state index contributed by atoms with van der Waals surface area (Å²) >= 11 is 0. The van der Waals surface area contributed by atoms with Crippen LogP contribution in [0, 0.1) is 12.7 Å². The highest BCUT2D eigenvalue weighted by atomic mass is 19.1. The van der Waals surface area contributed by atoms with Crippen LogP contribution in [0.5, 0.6) is 11.5 Å². The monoisotopic (exact) mass is 508 g/mol. The van der Waals surface area contributed by atoms with Crippen LogP contribution >= 0.6 is 0 Å². The molecular formula is C28H29FN2O6. The number of carbonyl (C=O) groups is 3. The van der Waals surface area contributed by atoms with Crippen molar-refractivity contribution in [2.24, 2.45) is 0 Å². The van der Waals surface area contributed by atoms with Crippen molar-refractivity contribution in [3.63, 3.8) is 0 Å². The van der Waals surface area contributed by atoms with E-state index in [1.54, 1.807) is 26.0 Å². The Morgan fingerprint density at radius 1 is 1.00 bits per heavy atom. The molecule has 0 aliphatic heterocycles. The highest BCUT2D eigenvalue weighted by molar-refractivity contribution is 5.98. The molecule has 194 valence electrons. The molecule has 9 heteroatoms. The smallest absolute Gasteiger partial charge is 0.328 e. The molecule has 8 nitrogen and oxygen atoms in total. The Kier molecular flexibility index (Phi) is 8.95. The van der Waals surface area contributed by atoms with Crippen molar-refractivity contribution in [1.82, 2.24) is 10.3 Å². The van der Waals surface area contributed by atoms with Crippen molar-refractivity contribution >= 4 is 17.8 Å². The zero-order chi connectivity index (χ0) is 27.1. The summed E-state index contributed by atoms with van der Waals surface area (Å²) in [4.78, 5) is 41.4. The molecule has 0 fully saturated rings. The van der Waals surface area contributed by atoms with Crippen LogP contribution in [0.1, 0.15) is 53.9 Å². The molecule has 0 aliphatic rings. The average molecular weight is 509 g/mol. The lowest BCUT2D eigenvalue weighted by atomic mass is 9.86. The SMILES string of the molecule is COc1ccnc(C(=O)N[C@@H](C)C(=O)O[C@@H](C)[C@@H](c2ccccc2)c2ccc(F)c(C)c2)c1OC(C)=O. The zero-order valence-corrected chi connectivity index (χ0v) is 21.3. The van der Waals surface area contributed by atoms with Gasteiger partial charge in [0.15, 0.2) is 11.4 Å². The number of esters is 2. The molecule has 0 bridgehead atoms. The van der Waals surface area contributed by atoms with E-state index in [9.17, 15) is 18.8 Å². The molecule has 0 saturated heterocycles. The van der Waals surface area contributed by atoms with Crippen molar-refractivity contribution in [3.05, 3.63) is 89.0 Å². The Hall–Kier alpha value is -4.27. The minimum atomic E-state index is -1.06. The Balaban J connectivity index is 1.79. The molecule has 0 unspecified atom stereocenters. The number of amides is 1. The Morgan fingerprint density at radius 3 is 2.32 bits per heavy atom. The Bertz CT molecular complexity index is 1280. The van der Waals surface area contributed by atoms with E-state index in [2.05, 4.69) is 10.3 Å². The highest BCUT2D eigenvalue weighted by Crippen LogP contribution is 2.32. The van der Waals surface area contributed by atoms with Crippen molar-refractivity contribution in [2.75, 3.05) is 7.11 Å². The van der Waals surface area contributed by atoms with Crippen LogP contribution in [-0.2, 0) is 14.3 Å². The molecule has 1 N–H and O–H groups in total. The number of hydrogen-bond acceptors (Lipinski definition) is 7. The molecule has 0 saturated carbocycles. The van der Waals surface area contributed by atoms with Gasteiger partial charge in [-0.05, 0) is 43.5 Å². The molecular weight excluding hydrogens is 479 g/mol. The van der Waals surface area contributed by atoms with E-state index in [0.717, 1.165) is 11.1 Å². The molecule has 2 aromatic carbocycles. The number of rotatable bonds is 9. The van der Waals surface area contributed by atoms with Crippen LogP contribution in [0.25, 0.3) is 0 Å². The molecule has 3 aromatic rings. The first-order valence-corrected chi connectivity index (χ1v) is 11.7. The summed E-state index contributed by atoms with van der Waals surface area (Å²) in [6.45, 7) is 6.07. The van der Waals surface area contributed by atoms with Gasteiger partial charge >= 0.3 is 11.9 Å². The van der Waals surface area contributed by atoms with Crippen molar-refractivity contribution in [1.29, 1.82) is 0 Å². The minimum Gasteiger partial charge on any atom is -0.493 e. The van der Waals surface area contributed by atoms with Crippen LogP contribution in [0.15, 0.2) is 60.8 Å². The summed E-state index contributed by atoms with van der Waals surface area (Å²) < 4.78 is 29.9. The maximum Gasteiger partial charge on any atom is 0.328 e. The second-order valence-electron chi connectivity index (χ2n) is 8.52. The lowest BCUT2D eigenvalue weighted by molar-refractivity contribution is -0.150. The minimum absolute atomic E-state index is 0.138. The van der Waals surface area contributed by atoms with Crippen molar-refractivity contribution in [3.8, 4) is 11.5 Å². The predicted octanol–water partition coefficient (Wildman–Crippen LogP) is 4.35. The summed E-state index contributed by atoms with van der Waals surface area (Å²) in [6, 6.07) is 14.6. The normalized spacial score (nSPS) is 13.1. The summed E-state index contributed by atoms with van der Waals surface area (Å²) in [7, 11) is 1.36. The quantitative estimate of drug-likeness (QED) is 0.429. The van der Waals surface area contributed by atoms with E-state index in [0.29, 0.717) is 5.56 Å². The number of benzene rings is 2. The molecule has 0 spiro atoms. The van der Waals surface area contributed by atoms with E-state index < -0.39 is 30.0 Å². The van der Waals surface area contributed by atoms with Gasteiger partial charge in [-0.3, -0.25) is 9.59 Å². The maximum atomic E-state index is 13.9. The second kappa shape index (κ2) is 12.1. The van der Waals surface area contributed by atoms with Crippen molar-refractivity contribution in [2.45, 2.75) is 45.8 Å². The van der Waals surface area contributed by atoms with Gasteiger partial charge in [-0.1, -0.05) is 42.5 Å². The number of hydrogen-bond donors (Lipinski definition) is 1. The van der Waals surface area contributed by atoms with Crippen LogP contribution in [0.3, 0.4) is 0 Å². The number of pyridine rings is 1. The first kappa shape index (κ1) is 27.3. The lowest BCUT2D eigenvalue weighted by Crippen LogP contribution is -2.41. The third-order valence-electron chi connectivity index (χ3n) is 5.72. The van der Waals surface area contributed by atoms with Crippen LogP contribution in [0.4, 0.5) is 4.39 Å². The molecule has 3 rings (SSSR count). The van der Waals surface area contributed by atoms with Crippen LogP contribution in [-0.4, -0.2) is 42.1 Å². The fourth-order valence-electron chi connectivity index (χ4n) is 3.93. The standard InChI is InChI=1S/C28H29FN2O6/c1-16-15-21(11-12-22(16)29)24(20-9-7-6-8-10-20)18(3)36-28(34)17(2)31-27(33)25-26(37-19(4)32)23(35-5)13-14-30-25/h6-15,17-18,24H,1-5H3,(H,31,33)/t17-,18-,24-/m0/s1. The van der Waals surface area contributed by atoms with E-state index >= 15 is 0 Å². The summed E-state index contributed by atoms with van der Waals surface area (Å²) in [5.74, 6) is -2.80. The van der Waals surface area contributed by atoms with E-state index in [1.807, 2.05) is 30.3 Å². The van der Waals surface area contributed by atoms with Gasteiger partial charge < -0.3 is 19.5 Å². The largest absolute Gasteiger partial charge is 0.493 e. The van der Waals surface area contributed by atoms with Gasteiger partial charge in [0.1, 0.15) is 18.0 Å². The van der Waals surface area contributed by atoms with Gasteiger partial charge in [-0.15, -0.1) is 0 Å². The van der Waals surface area contributed by atoms with Gasteiger partial charge in [0.25, 0.3) is 5.91 Å². The Labute approximate surface area is 214 Å². The van der Waals surface area contributed by atoms with Crippen LogP contribution < -0.4 is 14.8 Å². The number of ether oxygens (including phenoxy) is 3. The summed E-state index contributed by atoms with van der Waals surface area (Å²) in [5, 5.41) is 2.53. The number of nitrogens with zero attached hydrogens (tertiary/aromatic N) is 1. The first-order valence-electron chi connectivity index (χ1n) is 11.7. The predicted molar refractivity (Wildman–Crippen MR) is 134 cm³/mol. The summed E-state index contributed by atoms with van der Waals surface area (Å²) in [5.41, 5.74) is 1.93. The molecule has 1 heterocycles. The average Bonchev–Trinajstić information content (AvgIpc) is 2.86. The molecule has 1 aromatic heterocycles. The number of nitrogens with one attached hydrogen (secondary N) is 1. The molecule has 3 atom stereocenters. The second-order valence-corrected chi connectivity index (χ2v) is 8.52. The third kappa shape index (κ3) is 6.69. The molecule has 0 aliphatic carbocycles. The number of aromatic nitrogens is 1. The van der Waals surface area contributed by atoms with Gasteiger partial charge in [0, 0.05) is 25.1 Å². The van der Waals surface area contributed by atoms with Gasteiger partial charge in [0.2, 0.25) is 5.75 Å². The number of aryl methyl sites for hydroxylation is 1. The van der Waals surface area contributed by atoms with Gasteiger partial charge in [0.05, 0.1) is 7.11 Å². The fourth-order valence-corrected chi connectivity index (χ4v) is 3.93. The number of carbonyl (C=O) groups excluding carboxylic acids is 3. The van der Waals surface area contributed by atoms with Gasteiger partial charge in [-0.25, -0.2) is 14.2 Å². The highest BCUT2D eigenvalue weighted by Gasteiger charge is 2.29. The number of halogens is 1. The summed E-state index contributed by atoms with van der Waals surface area (Å²) in [6.07, 6.45) is 0.673. The van der Waals surface area contributed by atoms with Crippen LogP contribution in [0.2, 0.25) is 0 Å². The topological polar surface area (TPSA) is 104 Å². The zero-order valence-electron chi connectivity index (χ0n) is 21.3.